The molecule has 2 aromatic carbocycles. The molecule has 1 unspecified atom stereocenters. The van der Waals surface area contributed by atoms with Crippen molar-refractivity contribution in [2.24, 2.45) is 5.92 Å². The van der Waals surface area contributed by atoms with Gasteiger partial charge in [-0.25, -0.2) is 0 Å². The standard InChI is InChI=1S/C24H34N2O2/c1-5-9-19(2)18-28-22-14-12-21(13-15-22)23(17-26(3)4)25-24(27)16-20-10-7-6-8-11-20/h6-8,10-15,19,23H,5,9,16-18H2,1-4H3,(H,25,27)/t19?,23-/m0/s1. The number of benzene rings is 2. The first-order valence-corrected chi connectivity index (χ1v) is 10.2. The quantitative estimate of drug-likeness (QED) is 0.624. The summed E-state index contributed by atoms with van der Waals surface area (Å²) in [4.78, 5) is 14.6. The normalized spacial score (nSPS) is 13.2. The fraction of sp³-hybridized carbons (Fsp3) is 0.458. The number of hydrogen-bond acceptors (Lipinski definition) is 3. The van der Waals surface area contributed by atoms with Crippen molar-refractivity contribution in [1.82, 2.24) is 10.2 Å². The topological polar surface area (TPSA) is 41.6 Å². The summed E-state index contributed by atoms with van der Waals surface area (Å²) < 4.78 is 5.90. The minimum absolute atomic E-state index is 0.0340. The highest BCUT2D eigenvalue weighted by molar-refractivity contribution is 5.79. The number of ether oxygens (including phenoxy) is 1. The van der Waals surface area contributed by atoms with Gasteiger partial charge in [0.2, 0.25) is 5.91 Å². The molecule has 0 aliphatic heterocycles. The van der Waals surface area contributed by atoms with E-state index in [2.05, 4.69) is 36.2 Å². The maximum Gasteiger partial charge on any atom is 0.224 e. The average molecular weight is 383 g/mol. The predicted molar refractivity (Wildman–Crippen MR) is 116 cm³/mol. The third-order valence-corrected chi connectivity index (χ3v) is 4.69. The number of nitrogens with zero attached hydrogens (tertiary/aromatic N) is 1. The van der Waals surface area contributed by atoms with E-state index in [4.69, 9.17) is 4.74 Å². The summed E-state index contributed by atoms with van der Waals surface area (Å²) in [7, 11) is 4.03. The van der Waals surface area contributed by atoms with E-state index in [1.807, 2.05) is 56.6 Å². The molecule has 0 aromatic heterocycles. The van der Waals surface area contributed by atoms with Crippen LogP contribution < -0.4 is 10.1 Å². The molecule has 4 heteroatoms. The molecule has 0 saturated carbocycles. The molecule has 1 amide bonds. The van der Waals surface area contributed by atoms with E-state index in [9.17, 15) is 4.79 Å². The third-order valence-electron chi connectivity index (χ3n) is 4.69. The smallest absolute Gasteiger partial charge is 0.224 e. The number of hydrogen-bond donors (Lipinski definition) is 1. The Balaban J connectivity index is 1.98. The molecule has 0 spiro atoms. The lowest BCUT2D eigenvalue weighted by Gasteiger charge is -2.23. The van der Waals surface area contributed by atoms with E-state index >= 15 is 0 Å². The molecule has 2 atom stereocenters. The fourth-order valence-corrected chi connectivity index (χ4v) is 3.24. The molecule has 0 bridgehead atoms. The SMILES string of the molecule is CCCC(C)COc1ccc([C@H](CN(C)C)NC(=O)Cc2ccccc2)cc1. The highest BCUT2D eigenvalue weighted by atomic mass is 16.5. The molecule has 0 saturated heterocycles. The summed E-state index contributed by atoms with van der Waals surface area (Å²) in [6, 6.07) is 17.9. The Kier molecular flexibility index (Phi) is 9.02. The maximum absolute atomic E-state index is 12.5. The van der Waals surface area contributed by atoms with E-state index in [1.165, 1.54) is 12.8 Å². The van der Waals surface area contributed by atoms with Crippen molar-refractivity contribution in [2.75, 3.05) is 27.2 Å². The van der Waals surface area contributed by atoms with Crippen molar-refractivity contribution in [1.29, 1.82) is 0 Å². The number of rotatable bonds is 11. The molecule has 0 fully saturated rings. The molecule has 2 rings (SSSR count). The van der Waals surface area contributed by atoms with Crippen LogP contribution in [0, 0.1) is 5.92 Å². The second-order valence-electron chi connectivity index (χ2n) is 7.82. The number of carbonyl (C=O) groups excluding carboxylic acids is 1. The second kappa shape index (κ2) is 11.5. The van der Waals surface area contributed by atoms with Gasteiger partial charge in [0.25, 0.3) is 0 Å². The molecular weight excluding hydrogens is 348 g/mol. The third kappa shape index (κ3) is 7.73. The Morgan fingerprint density at radius 1 is 1.07 bits per heavy atom. The summed E-state index contributed by atoms with van der Waals surface area (Å²) in [5, 5.41) is 3.18. The van der Waals surface area contributed by atoms with Gasteiger partial charge in [-0.2, -0.15) is 0 Å². The maximum atomic E-state index is 12.5. The van der Waals surface area contributed by atoms with Crippen LogP contribution in [-0.4, -0.2) is 38.1 Å². The zero-order valence-corrected chi connectivity index (χ0v) is 17.7. The Morgan fingerprint density at radius 3 is 2.36 bits per heavy atom. The molecular formula is C24H34N2O2. The summed E-state index contributed by atoms with van der Waals surface area (Å²) >= 11 is 0. The molecule has 4 nitrogen and oxygen atoms in total. The van der Waals surface area contributed by atoms with Crippen LogP contribution in [0.4, 0.5) is 0 Å². The largest absolute Gasteiger partial charge is 0.493 e. The predicted octanol–water partition coefficient (Wildman–Crippen LogP) is 4.46. The Bertz CT molecular complexity index is 698. The lowest BCUT2D eigenvalue weighted by Crippen LogP contribution is -2.36. The van der Waals surface area contributed by atoms with E-state index in [1.54, 1.807) is 0 Å². The van der Waals surface area contributed by atoms with Crippen LogP contribution in [0.1, 0.15) is 43.9 Å². The average Bonchev–Trinajstić information content (AvgIpc) is 2.67. The van der Waals surface area contributed by atoms with Crippen LogP contribution in [0.5, 0.6) is 5.75 Å². The van der Waals surface area contributed by atoms with Crippen LogP contribution >= 0.6 is 0 Å². The van der Waals surface area contributed by atoms with E-state index < -0.39 is 0 Å². The highest BCUT2D eigenvalue weighted by Gasteiger charge is 2.16. The Hall–Kier alpha value is -2.33. The second-order valence-corrected chi connectivity index (χ2v) is 7.82. The Labute approximate surface area is 169 Å². The van der Waals surface area contributed by atoms with Crippen molar-refractivity contribution < 1.29 is 9.53 Å². The van der Waals surface area contributed by atoms with Crippen LogP contribution in [0.3, 0.4) is 0 Å². The van der Waals surface area contributed by atoms with Crippen LogP contribution in [0.15, 0.2) is 54.6 Å². The van der Waals surface area contributed by atoms with Gasteiger partial charge in [-0.3, -0.25) is 4.79 Å². The molecule has 2 aromatic rings. The minimum atomic E-state index is -0.0562. The van der Waals surface area contributed by atoms with Crippen molar-refractivity contribution in [3.63, 3.8) is 0 Å². The Morgan fingerprint density at radius 2 is 1.75 bits per heavy atom. The number of amides is 1. The number of nitrogens with one attached hydrogen (secondary N) is 1. The summed E-state index contributed by atoms with van der Waals surface area (Å²) in [5.74, 6) is 1.47. The molecule has 0 aliphatic rings. The van der Waals surface area contributed by atoms with Crippen molar-refractivity contribution >= 4 is 5.91 Å². The van der Waals surface area contributed by atoms with E-state index in [-0.39, 0.29) is 11.9 Å². The molecule has 28 heavy (non-hydrogen) atoms. The van der Waals surface area contributed by atoms with Crippen molar-refractivity contribution in [2.45, 2.75) is 39.2 Å². The van der Waals surface area contributed by atoms with E-state index in [0.717, 1.165) is 30.0 Å². The first kappa shape index (κ1) is 22.0. The summed E-state index contributed by atoms with van der Waals surface area (Å²) in [6.45, 7) is 5.89. The molecule has 152 valence electrons. The van der Waals surface area contributed by atoms with Crippen LogP contribution in [0.2, 0.25) is 0 Å². The first-order valence-electron chi connectivity index (χ1n) is 10.2. The van der Waals surface area contributed by atoms with Gasteiger partial charge in [-0.1, -0.05) is 62.7 Å². The van der Waals surface area contributed by atoms with Crippen molar-refractivity contribution in [3.8, 4) is 5.75 Å². The van der Waals surface area contributed by atoms with E-state index in [0.29, 0.717) is 12.3 Å². The highest BCUT2D eigenvalue weighted by Crippen LogP contribution is 2.20. The van der Waals surface area contributed by atoms with Crippen LogP contribution in [-0.2, 0) is 11.2 Å². The number of likely N-dealkylation sites (N-methyl/N-ethyl adjacent to an activating group) is 1. The van der Waals surface area contributed by atoms with Gasteiger partial charge in [0.15, 0.2) is 0 Å². The van der Waals surface area contributed by atoms with Gasteiger partial charge < -0.3 is 15.0 Å². The molecule has 0 heterocycles. The monoisotopic (exact) mass is 382 g/mol. The minimum Gasteiger partial charge on any atom is -0.493 e. The van der Waals surface area contributed by atoms with Gasteiger partial charge in [0.05, 0.1) is 19.1 Å². The number of carbonyl (C=O) groups is 1. The lowest BCUT2D eigenvalue weighted by molar-refractivity contribution is -0.121. The first-order chi connectivity index (χ1) is 13.5. The van der Waals surface area contributed by atoms with Gasteiger partial charge in [-0.05, 0) is 49.7 Å². The molecule has 0 aliphatic carbocycles. The van der Waals surface area contributed by atoms with Gasteiger partial charge in [0, 0.05) is 6.54 Å². The van der Waals surface area contributed by atoms with Gasteiger partial charge in [-0.15, -0.1) is 0 Å². The summed E-state index contributed by atoms with van der Waals surface area (Å²) in [6.07, 6.45) is 2.75. The van der Waals surface area contributed by atoms with Gasteiger partial charge >= 0.3 is 0 Å². The van der Waals surface area contributed by atoms with Gasteiger partial charge in [0.1, 0.15) is 5.75 Å². The van der Waals surface area contributed by atoms with Crippen LogP contribution in [0.25, 0.3) is 0 Å². The molecule has 0 radical (unpaired) electrons. The zero-order chi connectivity index (χ0) is 20.4. The molecule has 1 N–H and O–H groups in total. The lowest BCUT2D eigenvalue weighted by atomic mass is 10.0. The van der Waals surface area contributed by atoms with Crippen molar-refractivity contribution in [3.05, 3.63) is 65.7 Å². The zero-order valence-electron chi connectivity index (χ0n) is 17.7. The summed E-state index contributed by atoms with van der Waals surface area (Å²) in [5.41, 5.74) is 2.11. The fourth-order valence-electron chi connectivity index (χ4n) is 3.24.